The summed E-state index contributed by atoms with van der Waals surface area (Å²) in [6, 6.07) is 12.0. The molecule has 152 valence electrons. The van der Waals surface area contributed by atoms with Crippen LogP contribution in [0, 0.1) is 5.92 Å². The van der Waals surface area contributed by atoms with Crippen LogP contribution in [0.2, 0.25) is 0 Å². The van der Waals surface area contributed by atoms with Crippen molar-refractivity contribution >= 4 is 11.4 Å². The van der Waals surface area contributed by atoms with Gasteiger partial charge in [0.05, 0.1) is 5.69 Å². The van der Waals surface area contributed by atoms with E-state index in [-0.39, 0.29) is 0 Å². The summed E-state index contributed by atoms with van der Waals surface area (Å²) in [5, 5.41) is 4.31. The Bertz CT molecular complexity index is 795. The highest BCUT2D eigenvalue weighted by atomic mass is 16.5. The molecule has 1 aromatic heterocycles. The number of aliphatic imine (C=N–C) groups is 1. The Hall–Kier alpha value is -2.56. The maximum atomic E-state index is 5.67. The molecule has 1 aromatic carbocycles. The molecule has 5 heteroatoms. The molecule has 0 atom stereocenters. The van der Waals surface area contributed by atoms with Crippen LogP contribution >= 0.6 is 0 Å². The molecule has 0 bridgehead atoms. The van der Waals surface area contributed by atoms with Crippen LogP contribution in [0.15, 0.2) is 53.2 Å². The van der Waals surface area contributed by atoms with Crippen molar-refractivity contribution in [3.05, 3.63) is 53.9 Å². The first-order valence-electron chi connectivity index (χ1n) is 10.0. The van der Waals surface area contributed by atoms with Gasteiger partial charge in [0.15, 0.2) is 0 Å². The van der Waals surface area contributed by atoms with E-state index in [1.807, 2.05) is 61.1 Å². The van der Waals surface area contributed by atoms with E-state index in [9.17, 15) is 0 Å². The average Bonchev–Trinajstić information content (AvgIpc) is 3.35. The molecule has 1 heterocycles. The zero-order valence-corrected chi connectivity index (χ0v) is 18.0. The molecule has 0 unspecified atom stereocenters. The summed E-state index contributed by atoms with van der Waals surface area (Å²) in [6.45, 7) is 10.4. The number of rotatable bonds is 6. The van der Waals surface area contributed by atoms with Crippen molar-refractivity contribution in [3.63, 3.8) is 0 Å². The van der Waals surface area contributed by atoms with E-state index in [0.29, 0.717) is 17.9 Å². The highest BCUT2D eigenvalue weighted by Crippen LogP contribution is 2.27. The minimum atomic E-state index is 0.378. The molecule has 0 radical (unpaired) electrons. The first kappa shape index (κ1) is 21.7. The maximum Gasteiger partial charge on any atom is 0.233 e. The smallest absolute Gasteiger partial charge is 0.233 e. The number of aromatic nitrogens is 2. The monoisotopic (exact) mass is 382 g/mol. The van der Waals surface area contributed by atoms with Gasteiger partial charge >= 0.3 is 0 Å². The third-order valence-corrected chi connectivity index (χ3v) is 4.28. The number of para-hydroxylation sites is 1. The molecular formula is C23H34N4O. The molecule has 2 aromatic rings. The SMILES string of the molecule is C/C(N)=C/C(=Nc1ccccc1)C(C)C.CC(C)c1cc(OC2CC2)nn1C. The number of aryl methyl sites for hydroxylation is 1. The number of hydrogen-bond acceptors (Lipinski definition) is 4. The summed E-state index contributed by atoms with van der Waals surface area (Å²) in [5.74, 6) is 1.67. The van der Waals surface area contributed by atoms with Crippen LogP contribution in [0.25, 0.3) is 0 Å². The summed E-state index contributed by atoms with van der Waals surface area (Å²) in [5.41, 5.74) is 9.67. The minimum Gasteiger partial charge on any atom is -0.473 e. The number of benzene rings is 1. The topological polar surface area (TPSA) is 65.4 Å². The molecule has 0 saturated heterocycles. The largest absolute Gasteiger partial charge is 0.473 e. The van der Waals surface area contributed by atoms with Crippen LogP contribution in [-0.4, -0.2) is 21.6 Å². The van der Waals surface area contributed by atoms with Crippen LogP contribution in [0.5, 0.6) is 5.88 Å². The lowest BCUT2D eigenvalue weighted by molar-refractivity contribution is 0.288. The van der Waals surface area contributed by atoms with Crippen molar-refractivity contribution in [3.8, 4) is 5.88 Å². The first-order chi connectivity index (χ1) is 13.3. The van der Waals surface area contributed by atoms with E-state index in [1.165, 1.54) is 18.5 Å². The van der Waals surface area contributed by atoms with Crippen molar-refractivity contribution in [1.82, 2.24) is 9.78 Å². The van der Waals surface area contributed by atoms with Gasteiger partial charge in [0.1, 0.15) is 6.10 Å². The zero-order valence-electron chi connectivity index (χ0n) is 18.0. The fourth-order valence-corrected chi connectivity index (χ4v) is 2.62. The number of ether oxygens (including phenoxy) is 1. The van der Waals surface area contributed by atoms with Crippen molar-refractivity contribution in [1.29, 1.82) is 0 Å². The summed E-state index contributed by atoms with van der Waals surface area (Å²) in [4.78, 5) is 4.56. The lowest BCUT2D eigenvalue weighted by Gasteiger charge is -2.06. The van der Waals surface area contributed by atoms with Crippen molar-refractivity contribution in [2.24, 2.45) is 23.7 Å². The maximum absolute atomic E-state index is 5.67. The van der Waals surface area contributed by atoms with Crippen LogP contribution < -0.4 is 10.5 Å². The first-order valence-corrected chi connectivity index (χ1v) is 10.0. The lowest BCUT2D eigenvalue weighted by atomic mass is 10.1. The van der Waals surface area contributed by atoms with Gasteiger partial charge in [-0.05, 0) is 49.8 Å². The Balaban J connectivity index is 0.000000202. The normalized spacial score (nSPS) is 14.9. The molecular weight excluding hydrogens is 348 g/mol. The standard InChI is InChI=1S/C13H18N2.C10H16N2O/c1-10(2)13(9-11(3)14)15-12-7-5-4-6-8-12;1-7(2)9-6-10(11-12(9)3)13-8-4-5-8/h4-10H,14H2,1-3H3;6-8H,4-5H2,1-3H3/b11-9-,15-13?;. The number of hydrogen-bond donors (Lipinski definition) is 1. The van der Waals surface area contributed by atoms with Gasteiger partial charge in [-0.25, -0.2) is 0 Å². The van der Waals surface area contributed by atoms with Crippen molar-refractivity contribution in [2.75, 3.05) is 0 Å². The third kappa shape index (κ3) is 7.22. The molecule has 5 nitrogen and oxygen atoms in total. The van der Waals surface area contributed by atoms with E-state index < -0.39 is 0 Å². The van der Waals surface area contributed by atoms with Crippen molar-refractivity contribution in [2.45, 2.75) is 59.5 Å². The Labute approximate surface area is 169 Å². The zero-order chi connectivity index (χ0) is 20.7. The quantitative estimate of drug-likeness (QED) is 0.684. The van der Waals surface area contributed by atoms with E-state index in [4.69, 9.17) is 10.5 Å². The fraction of sp³-hybridized carbons (Fsp3) is 0.478. The van der Waals surface area contributed by atoms with Gasteiger partial charge in [0.2, 0.25) is 5.88 Å². The summed E-state index contributed by atoms with van der Waals surface area (Å²) in [6.07, 6.45) is 4.74. The molecule has 0 spiro atoms. The molecule has 0 aliphatic heterocycles. The van der Waals surface area contributed by atoms with Gasteiger partial charge in [0, 0.05) is 30.2 Å². The van der Waals surface area contributed by atoms with Gasteiger partial charge in [-0.15, -0.1) is 5.10 Å². The summed E-state index contributed by atoms with van der Waals surface area (Å²) in [7, 11) is 1.97. The van der Waals surface area contributed by atoms with Gasteiger partial charge in [-0.2, -0.15) is 0 Å². The Morgan fingerprint density at radius 3 is 2.32 bits per heavy atom. The third-order valence-electron chi connectivity index (χ3n) is 4.28. The van der Waals surface area contributed by atoms with E-state index in [1.54, 1.807) is 0 Å². The lowest BCUT2D eigenvalue weighted by Crippen LogP contribution is -2.06. The van der Waals surface area contributed by atoms with Crippen LogP contribution in [-0.2, 0) is 7.05 Å². The van der Waals surface area contributed by atoms with Gasteiger partial charge < -0.3 is 10.5 Å². The second-order valence-electron chi connectivity index (χ2n) is 7.92. The molecule has 1 aliphatic rings. The number of allylic oxidation sites excluding steroid dienone is 2. The fourth-order valence-electron chi connectivity index (χ4n) is 2.62. The average molecular weight is 383 g/mol. The molecule has 28 heavy (non-hydrogen) atoms. The van der Waals surface area contributed by atoms with Crippen LogP contribution in [0.3, 0.4) is 0 Å². The summed E-state index contributed by atoms with van der Waals surface area (Å²) >= 11 is 0. The van der Waals surface area contributed by atoms with Gasteiger partial charge in [-0.3, -0.25) is 9.67 Å². The minimum absolute atomic E-state index is 0.378. The molecule has 1 aliphatic carbocycles. The molecule has 3 rings (SSSR count). The van der Waals surface area contributed by atoms with Crippen molar-refractivity contribution < 1.29 is 4.74 Å². The second-order valence-corrected chi connectivity index (χ2v) is 7.92. The molecule has 1 saturated carbocycles. The Morgan fingerprint density at radius 2 is 1.86 bits per heavy atom. The molecule has 0 amide bonds. The number of nitrogens with two attached hydrogens (primary N) is 1. The van der Waals surface area contributed by atoms with Gasteiger partial charge in [0.25, 0.3) is 0 Å². The van der Waals surface area contributed by atoms with E-state index in [2.05, 4.69) is 37.8 Å². The van der Waals surface area contributed by atoms with Crippen LogP contribution in [0.1, 0.15) is 59.1 Å². The number of nitrogens with zero attached hydrogens (tertiary/aromatic N) is 3. The second kappa shape index (κ2) is 10.1. The van der Waals surface area contributed by atoms with Crippen LogP contribution in [0.4, 0.5) is 5.69 Å². The highest BCUT2D eigenvalue weighted by molar-refractivity contribution is 5.98. The Morgan fingerprint density at radius 1 is 1.21 bits per heavy atom. The summed E-state index contributed by atoms with van der Waals surface area (Å²) < 4.78 is 7.51. The Kier molecular flexibility index (Phi) is 7.85. The highest BCUT2D eigenvalue weighted by Gasteiger charge is 2.25. The predicted octanol–water partition coefficient (Wildman–Crippen LogP) is 5.36. The molecule has 1 fully saturated rings. The van der Waals surface area contributed by atoms with E-state index >= 15 is 0 Å². The predicted molar refractivity (Wildman–Crippen MR) is 117 cm³/mol. The van der Waals surface area contributed by atoms with Gasteiger partial charge in [-0.1, -0.05) is 45.9 Å². The van der Waals surface area contributed by atoms with E-state index in [0.717, 1.165) is 23.0 Å². The molecule has 2 N–H and O–H groups in total.